The van der Waals surface area contributed by atoms with Crippen LogP contribution in [0.3, 0.4) is 0 Å². The third-order valence-electron chi connectivity index (χ3n) is 2.45. The molecule has 0 aromatic heterocycles. The maximum Gasteiger partial charge on any atom is 0.416 e. The third-order valence-corrected chi connectivity index (χ3v) is 3.39. The Kier molecular flexibility index (Phi) is 4.24. The van der Waals surface area contributed by atoms with Gasteiger partial charge >= 0.3 is 6.18 Å². The normalized spacial score (nSPS) is 14.1. The van der Waals surface area contributed by atoms with Crippen LogP contribution < -0.4 is 5.73 Å². The molecule has 0 bridgehead atoms. The molecule has 19 heavy (non-hydrogen) atoms. The second kappa shape index (κ2) is 5.20. The molecule has 4 nitrogen and oxygen atoms in total. The smallest absolute Gasteiger partial charge is 0.369 e. The quantitative estimate of drug-likeness (QED) is 0.910. The van der Waals surface area contributed by atoms with Crippen LogP contribution in [0.5, 0.6) is 0 Å². The van der Waals surface area contributed by atoms with E-state index < -0.39 is 44.7 Å². The summed E-state index contributed by atoms with van der Waals surface area (Å²) in [6, 6.07) is 4.30. The van der Waals surface area contributed by atoms with Crippen LogP contribution in [0, 0.1) is 0 Å². The highest BCUT2D eigenvalue weighted by Gasteiger charge is 2.37. The van der Waals surface area contributed by atoms with Crippen molar-refractivity contribution in [3.63, 3.8) is 0 Å². The van der Waals surface area contributed by atoms with E-state index >= 15 is 0 Å². The van der Waals surface area contributed by atoms with E-state index in [4.69, 9.17) is 5.73 Å². The molecule has 1 amide bonds. The Bertz CT molecular complexity index is 581. The number of benzene rings is 1. The zero-order valence-corrected chi connectivity index (χ0v) is 10.8. The van der Waals surface area contributed by atoms with Crippen LogP contribution in [0.4, 0.5) is 13.2 Å². The van der Waals surface area contributed by atoms with Crippen LogP contribution >= 0.6 is 0 Å². The van der Waals surface area contributed by atoms with Gasteiger partial charge in [-0.25, -0.2) is 8.42 Å². The van der Waals surface area contributed by atoms with E-state index in [9.17, 15) is 26.4 Å². The number of alkyl halides is 3. The van der Waals surface area contributed by atoms with E-state index in [2.05, 4.69) is 0 Å². The van der Waals surface area contributed by atoms with E-state index in [1.165, 1.54) is 6.07 Å². The lowest BCUT2D eigenvalue weighted by Gasteiger charge is -2.18. The lowest BCUT2D eigenvalue weighted by molar-refractivity contribution is -0.138. The Morgan fingerprint density at radius 3 is 2.26 bits per heavy atom. The molecule has 8 heteroatoms. The van der Waals surface area contributed by atoms with Crippen molar-refractivity contribution in [1.29, 1.82) is 0 Å². The summed E-state index contributed by atoms with van der Waals surface area (Å²) in [6.07, 6.45) is -3.85. The summed E-state index contributed by atoms with van der Waals surface area (Å²) in [6.45, 7) is 0. The molecular weight excluding hydrogens is 283 g/mol. The summed E-state index contributed by atoms with van der Waals surface area (Å²) in [4.78, 5) is 11.2. The molecule has 1 unspecified atom stereocenters. The topological polar surface area (TPSA) is 77.2 Å². The summed E-state index contributed by atoms with van der Waals surface area (Å²) < 4.78 is 60.8. The molecule has 2 N–H and O–H groups in total. The van der Waals surface area contributed by atoms with Gasteiger partial charge in [-0.1, -0.05) is 18.2 Å². The number of primary amides is 1. The van der Waals surface area contributed by atoms with E-state index in [1.54, 1.807) is 0 Å². The first-order valence-corrected chi connectivity index (χ1v) is 7.21. The van der Waals surface area contributed by atoms with Crippen molar-refractivity contribution in [2.45, 2.75) is 12.1 Å². The van der Waals surface area contributed by atoms with Gasteiger partial charge in [0.2, 0.25) is 5.91 Å². The molecule has 0 radical (unpaired) electrons. The fourth-order valence-corrected chi connectivity index (χ4v) is 2.64. The summed E-state index contributed by atoms with van der Waals surface area (Å²) in [5, 5.41) is 0. The molecule has 0 aliphatic carbocycles. The highest BCUT2D eigenvalue weighted by Crippen LogP contribution is 2.35. The van der Waals surface area contributed by atoms with E-state index in [0.717, 1.165) is 24.5 Å². The molecule has 0 heterocycles. The largest absolute Gasteiger partial charge is 0.416 e. The van der Waals surface area contributed by atoms with Gasteiger partial charge in [0.05, 0.1) is 17.2 Å². The Morgan fingerprint density at radius 2 is 1.84 bits per heavy atom. The zero-order chi connectivity index (χ0) is 14.8. The maximum atomic E-state index is 12.8. The molecule has 1 atom stereocenters. The fourth-order valence-electron chi connectivity index (χ4n) is 1.69. The van der Waals surface area contributed by atoms with Gasteiger partial charge in [0.15, 0.2) is 0 Å². The molecular formula is C11H12F3NO3S. The molecule has 1 aromatic carbocycles. The molecule has 0 aliphatic rings. The number of hydrogen-bond acceptors (Lipinski definition) is 3. The van der Waals surface area contributed by atoms with Crippen molar-refractivity contribution in [3.05, 3.63) is 35.4 Å². The molecule has 0 saturated heterocycles. The van der Waals surface area contributed by atoms with Crippen molar-refractivity contribution in [2.24, 2.45) is 5.73 Å². The van der Waals surface area contributed by atoms with Gasteiger partial charge in [-0.05, 0) is 11.6 Å². The van der Waals surface area contributed by atoms with Crippen LogP contribution in [0.1, 0.15) is 17.0 Å². The van der Waals surface area contributed by atoms with Gasteiger partial charge in [0.1, 0.15) is 9.84 Å². The number of carbonyl (C=O) groups is 1. The summed E-state index contributed by atoms with van der Waals surface area (Å²) in [5.41, 5.74) is 3.54. The van der Waals surface area contributed by atoms with Crippen molar-refractivity contribution in [2.75, 3.05) is 12.0 Å². The van der Waals surface area contributed by atoms with Crippen LogP contribution in [0.15, 0.2) is 24.3 Å². The van der Waals surface area contributed by atoms with Gasteiger partial charge in [-0.2, -0.15) is 13.2 Å². The SMILES string of the molecule is CS(=O)(=O)CC(C(N)=O)c1ccccc1C(F)(F)F. The second-order valence-electron chi connectivity index (χ2n) is 4.13. The highest BCUT2D eigenvalue weighted by molar-refractivity contribution is 7.90. The third kappa shape index (κ3) is 4.23. The maximum absolute atomic E-state index is 12.8. The van der Waals surface area contributed by atoms with Crippen molar-refractivity contribution < 1.29 is 26.4 Å². The minimum atomic E-state index is -4.68. The monoisotopic (exact) mass is 295 g/mol. The summed E-state index contributed by atoms with van der Waals surface area (Å²) >= 11 is 0. The fraction of sp³-hybridized carbons (Fsp3) is 0.364. The van der Waals surface area contributed by atoms with E-state index in [-0.39, 0.29) is 0 Å². The van der Waals surface area contributed by atoms with Crippen LogP contribution in [-0.2, 0) is 20.8 Å². The Hall–Kier alpha value is -1.57. The van der Waals surface area contributed by atoms with Gasteiger partial charge in [0, 0.05) is 6.26 Å². The minimum absolute atomic E-state index is 0.423. The Balaban J connectivity index is 3.36. The predicted octanol–water partition coefficient (Wildman–Crippen LogP) is 1.32. The number of carbonyl (C=O) groups excluding carboxylic acids is 1. The van der Waals surface area contributed by atoms with Gasteiger partial charge in [-0.15, -0.1) is 0 Å². The number of amides is 1. The van der Waals surface area contributed by atoms with Crippen LogP contribution in [0.25, 0.3) is 0 Å². The average molecular weight is 295 g/mol. The standard InChI is InChI=1S/C11H12F3NO3S/c1-19(17,18)6-8(10(15)16)7-4-2-3-5-9(7)11(12,13)14/h2-5,8H,6H2,1H3,(H2,15,16). The second-order valence-corrected chi connectivity index (χ2v) is 6.32. The number of halogens is 3. The first kappa shape index (κ1) is 15.5. The first-order valence-electron chi connectivity index (χ1n) is 5.15. The Morgan fingerprint density at radius 1 is 1.32 bits per heavy atom. The number of hydrogen-bond donors (Lipinski definition) is 1. The van der Waals surface area contributed by atoms with Gasteiger partial charge in [0.25, 0.3) is 0 Å². The zero-order valence-electron chi connectivity index (χ0n) is 9.94. The van der Waals surface area contributed by atoms with Crippen molar-refractivity contribution >= 4 is 15.7 Å². The molecule has 0 saturated carbocycles. The van der Waals surface area contributed by atoms with E-state index in [0.29, 0.717) is 0 Å². The molecule has 1 aromatic rings. The molecule has 106 valence electrons. The minimum Gasteiger partial charge on any atom is -0.369 e. The molecule has 0 spiro atoms. The molecule has 0 fully saturated rings. The van der Waals surface area contributed by atoms with Crippen molar-refractivity contribution in [3.8, 4) is 0 Å². The van der Waals surface area contributed by atoms with Crippen molar-refractivity contribution in [1.82, 2.24) is 0 Å². The Labute approximate surface area is 108 Å². The highest BCUT2D eigenvalue weighted by atomic mass is 32.2. The van der Waals surface area contributed by atoms with Crippen LogP contribution in [0.2, 0.25) is 0 Å². The molecule has 1 rings (SSSR count). The lowest BCUT2D eigenvalue weighted by Crippen LogP contribution is -2.29. The number of nitrogens with two attached hydrogens (primary N) is 1. The average Bonchev–Trinajstić information content (AvgIpc) is 2.23. The van der Waals surface area contributed by atoms with Gasteiger partial charge in [-0.3, -0.25) is 4.79 Å². The number of rotatable bonds is 4. The summed E-state index contributed by atoms with van der Waals surface area (Å²) in [5.74, 6) is -3.38. The number of sulfone groups is 1. The van der Waals surface area contributed by atoms with E-state index in [1.807, 2.05) is 0 Å². The first-order chi connectivity index (χ1) is 8.52. The predicted molar refractivity (Wildman–Crippen MR) is 63.1 cm³/mol. The van der Waals surface area contributed by atoms with Crippen LogP contribution in [-0.4, -0.2) is 26.3 Å². The summed E-state index contributed by atoms with van der Waals surface area (Å²) in [7, 11) is -3.65. The van der Waals surface area contributed by atoms with Gasteiger partial charge < -0.3 is 5.73 Å². The lowest BCUT2D eigenvalue weighted by atomic mass is 9.95. The molecule has 0 aliphatic heterocycles.